The quantitative estimate of drug-likeness (QED) is 0.701. The Bertz CT molecular complexity index is 984. The lowest BCUT2D eigenvalue weighted by atomic mass is 9.97. The SMILES string of the molecule is Cc1cccnc1NC(=O)C1CCCN(C(=O)c2cnc(-c3cccs3)s2)C1. The first kappa shape index (κ1) is 18.8. The Labute approximate surface area is 171 Å². The zero-order valence-corrected chi connectivity index (χ0v) is 17.1. The second kappa shape index (κ2) is 8.20. The van der Waals surface area contributed by atoms with Gasteiger partial charge in [-0.25, -0.2) is 9.97 Å². The van der Waals surface area contributed by atoms with Gasteiger partial charge in [0.05, 0.1) is 17.0 Å². The van der Waals surface area contributed by atoms with E-state index in [1.807, 2.05) is 36.6 Å². The third kappa shape index (κ3) is 3.98. The first-order valence-corrected chi connectivity index (χ1v) is 10.8. The van der Waals surface area contributed by atoms with Crippen LogP contribution in [0.5, 0.6) is 0 Å². The van der Waals surface area contributed by atoms with Crippen LogP contribution in [0.1, 0.15) is 28.1 Å². The first-order valence-electron chi connectivity index (χ1n) is 9.13. The van der Waals surface area contributed by atoms with E-state index >= 15 is 0 Å². The molecule has 1 aliphatic rings. The van der Waals surface area contributed by atoms with E-state index in [1.54, 1.807) is 28.6 Å². The van der Waals surface area contributed by atoms with E-state index in [-0.39, 0.29) is 17.7 Å². The molecule has 28 heavy (non-hydrogen) atoms. The number of carbonyl (C=O) groups excluding carboxylic acids is 2. The lowest BCUT2D eigenvalue weighted by Crippen LogP contribution is -2.43. The number of amides is 2. The van der Waals surface area contributed by atoms with Gasteiger partial charge in [-0.3, -0.25) is 9.59 Å². The van der Waals surface area contributed by atoms with Crippen LogP contribution in [-0.4, -0.2) is 39.8 Å². The number of aryl methyl sites for hydroxylation is 1. The van der Waals surface area contributed by atoms with Gasteiger partial charge < -0.3 is 10.2 Å². The van der Waals surface area contributed by atoms with Crippen LogP contribution in [0.15, 0.2) is 42.0 Å². The van der Waals surface area contributed by atoms with Crippen molar-refractivity contribution in [1.29, 1.82) is 0 Å². The van der Waals surface area contributed by atoms with Gasteiger partial charge in [-0.1, -0.05) is 12.1 Å². The lowest BCUT2D eigenvalue weighted by Gasteiger charge is -2.31. The fraction of sp³-hybridized carbons (Fsp3) is 0.300. The molecule has 8 heteroatoms. The number of hydrogen-bond donors (Lipinski definition) is 1. The van der Waals surface area contributed by atoms with Crippen LogP contribution < -0.4 is 5.32 Å². The summed E-state index contributed by atoms with van der Waals surface area (Å²) >= 11 is 3.01. The molecular weight excluding hydrogens is 392 g/mol. The zero-order valence-electron chi connectivity index (χ0n) is 15.4. The van der Waals surface area contributed by atoms with Crippen LogP contribution >= 0.6 is 22.7 Å². The molecule has 3 aromatic heterocycles. The maximum Gasteiger partial charge on any atom is 0.265 e. The summed E-state index contributed by atoms with van der Waals surface area (Å²) < 4.78 is 0. The number of anilines is 1. The van der Waals surface area contributed by atoms with Crippen LogP contribution in [0.4, 0.5) is 5.82 Å². The van der Waals surface area contributed by atoms with Crippen molar-refractivity contribution in [3.8, 4) is 9.88 Å². The molecular formula is C20H20N4O2S2. The maximum absolute atomic E-state index is 12.9. The number of thiophene rings is 1. The van der Waals surface area contributed by atoms with Gasteiger partial charge >= 0.3 is 0 Å². The van der Waals surface area contributed by atoms with Gasteiger partial charge in [-0.15, -0.1) is 22.7 Å². The molecule has 0 spiro atoms. The molecule has 0 aromatic carbocycles. The summed E-state index contributed by atoms with van der Waals surface area (Å²) in [7, 11) is 0. The highest BCUT2D eigenvalue weighted by Gasteiger charge is 2.30. The second-order valence-electron chi connectivity index (χ2n) is 6.76. The molecule has 0 saturated carbocycles. The number of thiazole rings is 1. The van der Waals surface area contributed by atoms with Gasteiger partial charge in [0.2, 0.25) is 5.91 Å². The number of likely N-dealkylation sites (tertiary alicyclic amines) is 1. The summed E-state index contributed by atoms with van der Waals surface area (Å²) in [5.74, 6) is 0.220. The van der Waals surface area contributed by atoms with Crippen molar-refractivity contribution < 1.29 is 9.59 Å². The number of aromatic nitrogens is 2. The average Bonchev–Trinajstić information content (AvgIpc) is 3.41. The fourth-order valence-electron chi connectivity index (χ4n) is 3.25. The van der Waals surface area contributed by atoms with Gasteiger partial charge in [0.1, 0.15) is 15.7 Å². The van der Waals surface area contributed by atoms with Crippen LogP contribution in [-0.2, 0) is 4.79 Å². The molecule has 3 aromatic rings. The van der Waals surface area contributed by atoms with Crippen molar-refractivity contribution in [3.05, 3.63) is 52.5 Å². The van der Waals surface area contributed by atoms with Gasteiger partial charge in [-0.05, 0) is 42.8 Å². The van der Waals surface area contributed by atoms with Gasteiger partial charge in [0.25, 0.3) is 5.91 Å². The predicted octanol–water partition coefficient (Wildman–Crippen LogP) is 4.07. The summed E-state index contributed by atoms with van der Waals surface area (Å²) in [5.41, 5.74) is 0.922. The largest absolute Gasteiger partial charge is 0.337 e. The highest BCUT2D eigenvalue weighted by Crippen LogP contribution is 2.30. The Hall–Kier alpha value is -2.58. The van der Waals surface area contributed by atoms with Crippen LogP contribution in [0.25, 0.3) is 9.88 Å². The Morgan fingerprint density at radius 3 is 2.93 bits per heavy atom. The van der Waals surface area contributed by atoms with Crippen LogP contribution in [0.3, 0.4) is 0 Å². The number of nitrogens with one attached hydrogen (secondary N) is 1. The Morgan fingerprint density at radius 1 is 1.25 bits per heavy atom. The fourth-order valence-corrected chi connectivity index (χ4v) is 4.94. The molecule has 1 fully saturated rings. The van der Waals surface area contributed by atoms with E-state index in [9.17, 15) is 9.59 Å². The second-order valence-corrected chi connectivity index (χ2v) is 8.73. The summed E-state index contributed by atoms with van der Waals surface area (Å²) in [6.07, 6.45) is 4.88. The third-order valence-electron chi connectivity index (χ3n) is 4.78. The molecule has 1 saturated heterocycles. The zero-order chi connectivity index (χ0) is 19.5. The Morgan fingerprint density at radius 2 is 2.14 bits per heavy atom. The standard InChI is InChI=1S/C20H20N4O2S2/c1-13-5-2-8-21-17(13)23-18(25)14-6-3-9-24(12-14)20(26)16-11-22-19(28-16)15-7-4-10-27-15/h2,4-5,7-8,10-11,14H,3,6,9,12H2,1H3,(H,21,23,25). The summed E-state index contributed by atoms with van der Waals surface area (Å²) in [4.78, 5) is 37.7. The molecule has 0 aliphatic carbocycles. The monoisotopic (exact) mass is 412 g/mol. The molecule has 1 atom stereocenters. The van der Waals surface area contributed by atoms with Crippen LogP contribution in [0.2, 0.25) is 0 Å². The van der Waals surface area contributed by atoms with E-state index in [0.29, 0.717) is 23.8 Å². The van der Waals surface area contributed by atoms with E-state index < -0.39 is 0 Å². The van der Waals surface area contributed by atoms with Gasteiger partial charge in [-0.2, -0.15) is 0 Å². The smallest absolute Gasteiger partial charge is 0.265 e. The number of nitrogens with zero attached hydrogens (tertiary/aromatic N) is 3. The molecule has 0 radical (unpaired) electrons. The minimum Gasteiger partial charge on any atom is -0.337 e. The van der Waals surface area contributed by atoms with Crippen molar-refractivity contribution in [2.45, 2.75) is 19.8 Å². The highest BCUT2D eigenvalue weighted by atomic mass is 32.1. The summed E-state index contributed by atoms with van der Waals surface area (Å²) in [5, 5.41) is 5.76. The molecule has 4 heterocycles. The summed E-state index contributed by atoms with van der Waals surface area (Å²) in [6.45, 7) is 2.99. The van der Waals surface area contributed by atoms with Crippen molar-refractivity contribution in [3.63, 3.8) is 0 Å². The molecule has 1 aliphatic heterocycles. The maximum atomic E-state index is 12.9. The molecule has 2 amide bonds. The predicted molar refractivity (Wildman–Crippen MR) is 112 cm³/mol. The van der Waals surface area contributed by atoms with E-state index in [4.69, 9.17) is 0 Å². The van der Waals surface area contributed by atoms with Crippen molar-refractivity contribution >= 4 is 40.3 Å². The topological polar surface area (TPSA) is 75.2 Å². The molecule has 0 bridgehead atoms. The molecule has 1 N–H and O–H groups in total. The Kier molecular flexibility index (Phi) is 5.50. The van der Waals surface area contributed by atoms with Gasteiger partial charge in [0, 0.05) is 19.3 Å². The van der Waals surface area contributed by atoms with Crippen molar-refractivity contribution in [1.82, 2.24) is 14.9 Å². The number of piperidine rings is 1. The summed E-state index contributed by atoms with van der Waals surface area (Å²) in [6, 6.07) is 7.72. The third-order valence-corrected chi connectivity index (χ3v) is 6.80. The van der Waals surface area contributed by atoms with Crippen LogP contribution in [0, 0.1) is 12.8 Å². The number of pyridine rings is 1. The van der Waals surface area contributed by atoms with E-state index in [1.165, 1.54) is 11.3 Å². The lowest BCUT2D eigenvalue weighted by molar-refractivity contribution is -0.121. The number of carbonyl (C=O) groups is 2. The first-order chi connectivity index (χ1) is 13.6. The minimum absolute atomic E-state index is 0.0492. The molecule has 1 unspecified atom stereocenters. The molecule has 6 nitrogen and oxygen atoms in total. The normalized spacial score (nSPS) is 16.8. The molecule has 144 valence electrons. The number of hydrogen-bond acceptors (Lipinski definition) is 6. The van der Waals surface area contributed by atoms with Crippen molar-refractivity contribution in [2.75, 3.05) is 18.4 Å². The number of rotatable bonds is 4. The molecule has 4 rings (SSSR count). The van der Waals surface area contributed by atoms with Crippen molar-refractivity contribution in [2.24, 2.45) is 5.92 Å². The minimum atomic E-state index is -0.233. The highest BCUT2D eigenvalue weighted by molar-refractivity contribution is 7.21. The average molecular weight is 413 g/mol. The Balaban J connectivity index is 1.42. The van der Waals surface area contributed by atoms with Gasteiger partial charge in [0.15, 0.2) is 0 Å². The van der Waals surface area contributed by atoms with E-state index in [2.05, 4.69) is 15.3 Å². The van der Waals surface area contributed by atoms with E-state index in [0.717, 1.165) is 28.3 Å².